The fraction of sp³-hybridized carbons (Fsp3) is 0.241. The van der Waals surface area contributed by atoms with Crippen LogP contribution in [0.2, 0.25) is 0 Å². The van der Waals surface area contributed by atoms with Crippen LogP contribution in [0.4, 0.5) is 4.39 Å². The third-order valence-electron chi connectivity index (χ3n) is 7.49. The molecule has 0 radical (unpaired) electrons. The van der Waals surface area contributed by atoms with E-state index in [1.165, 1.54) is 15.6 Å². The van der Waals surface area contributed by atoms with Gasteiger partial charge in [-0.1, -0.05) is 11.3 Å². The largest absolute Gasteiger partial charge is 0.349 e. The van der Waals surface area contributed by atoms with Crippen molar-refractivity contribution >= 4 is 33.7 Å². The van der Waals surface area contributed by atoms with Crippen LogP contribution in [-0.2, 0) is 6.54 Å². The lowest BCUT2D eigenvalue weighted by molar-refractivity contribution is 0.0642. The molecule has 202 valence electrons. The second kappa shape index (κ2) is 10.7. The molecular formula is C29H24BrFN6O3. The maximum Gasteiger partial charge on any atom is 0.261 e. The molecular weight excluding hydrogens is 579 g/mol. The highest BCUT2D eigenvalue weighted by molar-refractivity contribution is 9.10. The van der Waals surface area contributed by atoms with E-state index < -0.39 is 11.7 Å². The first-order valence-corrected chi connectivity index (χ1v) is 13.7. The smallest absolute Gasteiger partial charge is 0.261 e. The number of nitrogens with one attached hydrogen (secondary N) is 1. The molecule has 40 heavy (non-hydrogen) atoms. The first kappa shape index (κ1) is 26.0. The molecule has 2 aromatic carbocycles. The number of imide groups is 1. The molecule has 2 aromatic heterocycles. The Balaban J connectivity index is 1.07. The number of carbonyl (C=O) groups excluding carboxylic acids is 3. The number of fused-ring (bicyclic) bond motifs is 1. The number of hydrogen-bond donors (Lipinski definition) is 1. The number of rotatable bonds is 6. The van der Waals surface area contributed by atoms with E-state index in [-0.39, 0.29) is 35.9 Å². The molecule has 3 heterocycles. The van der Waals surface area contributed by atoms with E-state index in [1.807, 2.05) is 0 Å². The van der Waals surface area contributed by atoms with Gasteiger partial charge in [0.15, 0.2) is 5.82 Å². The van der Waals surface area contributed by atoms with Crippen molar-refractivity contribution < 1.29 is 18.8 Å². The third-order valence-corrected chi connectivity index (χ3v) is 8.11. The Hall–Kier alpha value is -4.25. The first-order chi connectivity index (χ1) is 19.4. The lowest BCUT2D eigenvalue weighted by Crippen LogP contribution is -2.37. The first-order valence-electron chi connectivity index (χ1n) is 13.0. The summed E-state index contributed by atoms with van der Waals surface area (Å²) in [5.74, 6) is -1.31. The van der Waals surface area contributed by atoms with Crippen LogP contribution in [0.1, 0.15) is 73.9 Å². The molecule has 11 heteroatoms. The number of halogens is 2. The molecule has 0 spiro atoms. The van der Waals surface area contributed by atoms with Gasteiger partial charge in [-0.2, -0.15) is 0 Å². The summed E-state index contributed by atoms with van der Waals surface area (Å²) < 4.78 is 16.3. The summed E-state index contributed by atoms with van der Waals surface area (Å²) in [6.07, 6.45) is 8.07. The minimum atomic E-state index is -0.414. The van der Waals surface area contributed by atoms with Crippen molar-refractivity contribution in [3.05, 3.63) is 105 Å². The normalized spacial score (nSPS) is 18.6. The molecule has 6 rings (SSSR count). The van der Waals surface area contributed by atoms with Crippen molar-refractivity contribution in [2.24, 2.45) is 0 Å². The van der Waals surface area contributed by atoms with Crippen LogP contribution in [0.5, 0.6) is 0 Å². The molecule has 9 nitrogen and oxygen atoms in total. The second-order valence-electron chi connectivity index (χ2n) is 10.00. The van der Waals surface area contributed by atoms with Crippen LogP contribution < -0.4 is 5.32 Å². The number of amides is 3. The maximum absolute atomic E-state index is 14.5. The molecule has 1 N–H and O–H groups in total. The molecule has 2 aliphatic rings. The van der Waals surface area contributed by atoms with Crippen molar-refractivity contribution in [1.29, 1.82) is 0 Å². The molecule has 0 unspecified atom stereocenters. The zero-order valence-corrected chi connectivity index (χ0v) is 22.8. The van der Waals surface area contributed by atoms with E-state index in [9.17, 15) is 18.8 Å². The Morgan fingerprint density at radius 2 is 1.75 bits per heavy atom. The summed E-state index contributed by atoms with van der Waals surface area (Å²) >= 11 is 3.20. The standard InChI is InChI=1S/C29H24BrFN6O3/c30-23-2-1-3-25(26(23)31)37-16-24(34-35-37)18-4-7-20(8-5-18)33-27(38)19-6-9-21-22(14-19)29(40)36(28(21)39)15-17-10-12-32-13-11-17/h1-3,6,9-14,16,18,20H,4-5,7-8,15H2,(H,33,38). The number of hydrogen-bond acceptors (Lipinski definition) is 6. The van der Waals surface area contributed by atoms with Crippen molar-refractivity contribution in [2.75, 3.05) is 0 Å². The lowest BCUT2D eigenvalue weighted by atomic mass is 9.84. The summed E-state index contributed by atoms with van der Waals surface area (Å²) in [4.78, 5) is 44.0. The quantitative estimate of drug-likeness (QED) is 0.317. The van der Waals surface area contributed by atoms with Crippen LogP contribution in [0.25, 0.3) is 5.69 Å². The van der Waals surface area contributed by atoms with Crippen LogP contribution >= 0.6 is 15.9 Å². The van der Waals surface area contributed by atoms with Gasteiger partial charge in [-0.3, -0.25) is 24.3 Å². The SMILES string of the molecule is O=C(NC1CCC(c2cn(-c3cccc(Br)c3F)nn2)CC1)c1ccc2c(c1)C(=O)N(Cc1ccncc1)C2=O. The van der Waals surface area contributed by atoms with E-state index in [1.54, 1.807) is 61.1 Å². The summed E-state index contributed by atoms with van der Waals surface area (Å²) in [7, 11) is 0. The van der Waals surface area contributed by atoms with E-state index >= 15 is 0 Å². The predicted octanol–water partition coefficient (Wildman–Crippen LogP) is 4.82. The Kier molecular flexibility index (Phi) is 6.97. The molecule has 3 amide bonds. The monoisotopic (exact) mass is 602 g/mol. The fourth-order valence-corrected chi connectivity index (χ4v) is 5.66. The van der Waals surface area contributed by atoms with Gasteiger partial charge >= 0.3 is 0 Å². The van der Waals surface area contributed by atoms with Gasteiger partial charge in [-0.05, 0) is 89.6 Å². The summed E-state index contributed by atoms with van der Waals surface area (Å²) in [6, 6.07) is 13.1. The van der Waals surface area contributed by atoms with Gasteiger partial charge in [0.2, 0.25) is 0 Å². The number of benzene rings is 2. The zero-order valence-electron chi connectivity index (χ0n) is 21.3. The van der Waals surface area contributed by atoms with E-state index in [2.05, 4.69) is 36.5 Å². The summed E-state index contributed by atoms with van der Waals surface area (Å²) in [6.45, 7) is 0.144. The molecule has 1 fully saturated rings. The van der Waals surface area contributed by atoms with Gasteiger partial charge in [-0.25, -0.2) is 9.07 Å². The Morgan fingerprint density at radius 1 is 1.00 bits per heavy atom. The molecule has 1 aliphatic carbocycles. The van der Waals surface area contributed by atoms with Crippen molar-refractivity contribution in [1.82, 2.24) is 30.2 Å². The Labute approximate surface area is 237 Å². The molecule has 1 aliphatic heterocycles. The Morgan fingerprint density at radius 3 is 2.52 bits per heavy atom. The minimum Gasteiger partial charge on any atom is -0.349 e. The summed E-state index contributed by atoms with van der Waals surface area (Å²) in [5, 5.41) is 11.5. The number of nitrogens with zero attached hydrogens (tertiary/aromatic N) is 5. The van der Waals surface area contributed by atoms with Crippen LogP contribution in [0, 0.1) is 5.82 Å². The van der Waals surface area contributed by atoms with Crippen molar-refractivity contribution in [2.45, 2.75) is 44.2 Å². The molecule has 4 aromatic rings. The van der Waals surface area contributed by atoms with Crippen molar-refractivity contribution in [3.8, 4) is 5.69 Å². The third kappa shape index (κ3) is 4.92. The van der Waals surface area contributed by atoms with Crippen LogP contribution in [0.3, 0.4) is 0 Å². The minimum absolute atomic E-state index is 0.0323. The number of pyridine rings is 1. The molecule has 0 atom stereocenters. The molecule has 1 saturated carbocycles. The van der Waals surface area contributed by atoms with Gasteiger partial charge in [0, 0.05) is 29.9 Å². The van der Waals surface area contributed by atoms with E-state index in [0.717, 1.165) is 36.9 Å². The van der Waals surface area contributed by atoms with Gasteiger partial charge in [0.05, 0.1) is 34.0 Å². The predicted molar refractivity (Wildman–Crippen MR) is 146 cm³/mol. The maximum atomic E-state index is 14.5. The van der Waals surface area contributed by atoms with Crippen LogP contribution in [0.15, 0.2) is 71.6 Å². The van der Waals surface area contributed by atoms with Gasteiger partial charge in [0.1, 0.15) is 5.69 Å². The van der Waals surface area contributed by atoms with E-state index in [4.69, 9.17) is 0 Å². The van der Waals surface area contributed by atoms with E-state index in [0.29, 0.717) is 21.3 Å². The zero-order chi connectivity index (χ0) is 27.8. The van der Waals surface area contributed by atoms with Gasteiger partial charge < -0.3 is 5.32 Å². The topological polar surface area (TPSA) is 110 Å². The van der Waals surface area contributed by atoms with Gasteiger partial charge in [0.25, 0.3) is 17.7 Å². The highest BCUT2D eigenvalue weighted by Gasteiger charge is 2.36. The Bertz CT molecular complexity index is 1620. The van der Waals surface area contributed by atoms with Crippen molar-refractivity contribution in [3.63, 3.8) is 0 Å². The average molecular weight is 603 g/mol. The highest BCUT2D eigenvalue weighted by atomic mass is 79.9. The van der Waals surface area contributed by atoms with Gasteiger partial charge in [-0.15, -0.1) is 5.10 Å². The molecule has 0 bridgehead atoms. The molecule has 0 saturated heterocycles. The average Bonchev–Trinajstić information content (AvgIpc) is 3.55. The lowest BCUT2D eigenvalue weighted by Gasteiger charge is -2.28. The summed E-state index contributed by atoms with van der Waals surface area (Å²) in [5.41, 5.74) is 2.78. The number of aromatic nitrogens is 4. The fourth-order valence-electron chi connectivity index (χ4n) is 5.30. The second-order valence-corrected chi connectivity index (χ2v) is 10.8. The number of carbonyl (C=O) groups is 3. The highest BCUT2D eigenvalue weighted by Crippen LogP contribution is 2.33. The van der Waals surface area contributed by atoms with Crippen LogP contribution in [-0.4, -0.2) is 48.6 Å².